The first kappa shape index (κ1) is 16.4. The number of nitrogens with one attached hydrogen (secondary N) is 1. The molecule has 1 unspecified atom stereocenters. The van der Waals surface area contributed by atoms with Crippen LogP contribution in [0.5, 0.6) is 0 Å². The Kier molecular flexibility index (Phi) is 5.72. The molecule has 1 atom stereocenters. The molecule has 0 aromatic carbocycles. The summed E-state index contributed by atoms with van der Waals surface area (Å²) in [4.78, 5) is 4.13. The Morgan fingerprint density at radius 1 is 1.38 bits per heavy atom. The lowest BCUT2D eigenvalue weighted by atomic mass is 9.88. The zero-order valence-corrected chi connectivity index (χ0v) is 13.5. The minimum absolute atomic E-state index is 0.103. The fraction of sp³-hybridized carbons (Fsp3) is 0.667. The smallest absolute Gasteiger partial charge is 0.212 e. The molecule has 0 bridgehead atoms. The molecule has 0 spiro atoms. The van der Waals surface area contributed by atoms with Gasteiger partial charge in [-0.25, -0.2) is 13.1 Å². The molecule has 1 aromatic heterocycles. The molecule has 2 heterocycles. The molecule has 1 aliphatic rings. The number of hydrogen-bond acceptors (Lipinski definition) is 4. The van der Waals surface area contributed by atoms with Gasteiger partial charge in [0.1, 0.15) is 0 Å². The Morgan fingerprint density at radius 2 is 2.10 bits per heavy atom. The van der Waals surface area contributed by atoms with Crippen molar-refractivity contribution in [3.8, 4) is 0 Å². The Morgan fingerprint density at radius 3 is 2.67 bits per heavy atom. The van der Waals surface area contributed by atoms with Crippen LogP contribution >= 0.6 is 0 Å². The molecule has 0 radical (unpaired) electrons. The lowest BCUT2D eigenvalue weighted by molar-refractivity contribution is 0.0564. The molecular formula is C15H24N2O3S. The normalized spacial score (nSPS) is 18.8. The van der Waals surface area contributed by atoms with Crippen LogP contribution in [0, 0.1) is 11.8 Å². The molecule has 118 valence electrons. The molecule has 1 N–H and O–H groups in total. The molecular weight excluding hydrogens is 288 g/mol. The van der Waals surface area contributed by atoms with E-state index in [4.69, 9.17) is 4.74 Å². The van der Waals surface area contributed by atoms with Gasteiger partial charge in [-0.05, 0) is 36.3 Å². The van der Waals surface area contributed by atoms with Gasteiger partial charge in [0.15, 0.2) is 0 Å². The van der Waals surface area contributed by atoms with Crippen molar-refractivity contribution >= 4 is 10.0 Å². The van der Waals surface area contributed by atoms with Gasteiger partial charge in [-0.1, -0.05) is 19.9 Å². The van der Waals surface area contributed by atoms with Gasteiger partial charge in [-0.15, -0.1) is 0 Å². The highest BCUT2D eigenvalue weighted by Gasteiger charge is 2.29. The predicted molar refractivity (Wildman–Crippen MR) is 82.3 cm³/mol. The van der Waals surface area contributed by atoms with Crippen molar-refractivity contribution in [3.05, 3.63) is 30.1 Å². The van der Waals surface area contributed by atoms with Gasteiger partial charge in [-0.2, -0.15) is 0 Å². The monoisotopic (exact) mass is 312 g/mol. The van der Waals surface area contributed by atoms with Crippen LogP contribution in [0.2, 0.25) is 0 Å². The molecule has 1 fully saturated rings. The fourth-order valence-corrected chi connectivity index (χ4v) is 4.42. The largest absolute Gasteiger partial charge is 0.381 e. The molecule has 1 aliphatic heterocycles. The molecule has 1 saturated heterocycles. The molecule has 21 heavy (non-hydrogen) atoms. The van der Waals surface area contributed by atoms with Crippen LogP contribution in [0.1, 0.15) is 38.3 Å². The van der Waals surface area contributed by atoms with Crippen LogP contribution < -0.4 is 4.72 Å². The van der Waals surface area contributed by atoms with Crippen LogP contribution in [0.25, 0.3) is 0 Å². The second kappa shape index (κ2) is 7.33. The zero-order valence-electron chi connectivity index (χ0n) is 12.7. The van der Waals surface area contributed by atoms with Gasteiger partial charge in [0.2, 0.25) is 10.0 Å². The summed E-state index contributed by atoms with van der Waals surface area (Å²) in [6.07, 6.45) is 5.18. The third kappa shape index (κ3) is 5.05. The van der Waals surface area contributed by atoms with Gasteiger partial charge in [-0.3, -0.25) is 4.98 Å². The molecule has 6 heteroatoms. The standard InChI is InChI=1S/C15H24N2O3S/c1-12(2)11-21(18,19)17-15(13-5-8-20-9-6-13)14-4-3-7-16-10-14/h3-4,7,10,12-13,15,17H,5-6,8-9,11H2,1-2H3. The number of pyridine rings is 1. The van der Waals surface area contributed by atoms with Crippen LogP contribution in [-0.4, -0.2) is 32.4 Å². The van der Waals surface area contributed by atoms with Crippen molar-refractivity contribution < 1.29 is 13.2 Å². The summed E-state index contributed by atoms with van der Waals surface area (Å²) in [6, 6.07) is 3.56. The number of rotatable bonds is 6. The van der Waals surface area contributed by atoms with Crippen molar-refractivity contribution in [2.24, 2.45) is 11.8 Å². The minimum Gasteiger partial charge on any atom is -0.381 e. The Hall–Kier alpha value is -0.980. The van der Waals surface area contributed by atoms with E-state index < -0.39 is 10.0 Å². The quantitative estimate of drug-likeness (QED) is 0.873. The second-order valence-corrected chi connectivity index (χ2v) is 7.81. The van der Waals surface area contributed by atoms with Crippen LogP contribution in [0.3, 0.4) is 0 Å². The average Bonchev–Trinajstić information content (AvgIpc) is 2.45. The number of sulfonamides is 1. The second-order valence-electron chi connectivity index (χ2n) is 6.01. The van der Waals surface area contributed by atoms with E-state index >= 15 is 0 Å². The Bertz CT molecular complexity index is 525. The van der Waals surface area contributed by atoms with E-state index in [-0.39, 0.29) is 23.6 Å². The summed E-state index contributed by atoms with van der Waals surface area (Å²) in [5, 5.41) is 0. The molecule has 5 nitrogen and oxygen atoms in total. The highest BCUT2D eigenvalue weighted by molar-refractivity contribution is 7.89. The predicted octanol–water partition coefficient (Wildman–Crippen LogP) is 2.12. The molecule has 0 saturated carbocycles. The summed E-state index contributed by atoms with van der Waals surface area (Å²) < 4.78 is 32.9. The Balaban J connectivity index is 2.20. The Labute approximate surface area is 127 Å². The SMILES string of the molecule is CC(C)CS(=O)(=O)NC(c1cccnc1)C1CCOCC1. The summed E-state index contributed by atoms with van der Waals surface area (Å²) >= 11 is 0. The van der Waals surface area contributed by atoms with Gasteiger partial charge in [0.05, 0.1) is 11.8 Å². The molecule has 0 aliphatic carbocycles. The van der Waals surface area contributed by atoms with E-state index in [1.807, 2.05) is 26.0 Å². The number of aromatic nitrogens is 1. The van der Waals surface area contributed by atoms with Gasteiger partial charge < -0.3 is 4.74 Å². The van der Waals surface area contributed by atoms with E-state index in [1.54, 1.807) is 12.4 Å². The summed E-state index contributed by atoms with van der Waals surface area (Å²) in [6.45, 7) is 5.19. The third-order valence-corrected chi connectivity index (χ3v) is 5.36. The average molecular weight is 312 g/mol. The third-order valence-electron chi connectivity index (χ3n) is 3.64. The maximum absolute atomic E-state index is 12.3. The van der Waals surface area contributed by atoms with Crippen molar-refractivity contribution in [2.45, 2.75) is 32.7 Å². The van der Waals surface area contributed by atoms with Crippen LogP contribution in [-0.2, 0) is 14.8 Å². The number of ether oxygens (including phenoxy) is 1. The van der Waals surface area contributed by atoms with Gasteiger partial charge in [0, 0.05) is 25.6 Å². The molecule has 2 rings (SSSR count). The zero-order chi connectivity index (χ0) is 15.3. The van der Waals surface area contributed by atoms with Crippen molar-refractivity contribution in [1.29, 1.82) is 0 Å². The lowest BCUT2D eigenvalue weighted by Gasteiger charge is -2.31. The summed E-state index contributed by atoms with van der Waals surface area (Å²) in [5.41, 5.74) is 0.928. The molecule has 1 aromatic rings. The van der Waals surface area contributed by atoms with E-state index in [9.17, 15) is 8.42 Å². The number of nitrogens with zero attached hydrogens (tertiary/aromatic N) is 1. The first-order chi connectivity index (χ1) is 9.98. The van der Waals surface area contributed by atoms with Crippen molar-refractivity contribution in [1.82, 2.24) is 9.71 Å². The number of hydrogen-bond donors (Lipinski definition) is 1. The van der Waals surface area contributed by atoms with E-state index in [0.29, 0.717) is 13.2 Å². The van der Waals surface area contributed by atoms with Crippen molar-refractivity contribution in [3.63, 3.8) is 0 Å². The highest BCUT2D eigenvalue weighted by atomic mass is 32.2. The topological polar surface area (TPSA) is 68.3 Å². The summed E-state index contributed by atoms with van der Waals surface area (Å²) in [5.74, 6) is 0.504. The van der Waals surface area contributed by atoms with Gasteiger partial charge in [0.25, 0.3) is 0 Å². The summed E-state index contributed by atoms with van der Waals surface area (Å²) in [7, 11) is -3.30. The molecule has 0 amide bonds. The first-order valence-electron chi connectivity index (χ1n) is 7.45. The highest BCUT2D eigenvalue weighted by Crippen LogP contribution is 2.30. The fourth-order valence-electron chi connectivity index (χ4n) is 2.73. The van der Waals surface area contributed by atoms with Gasteiger partial charge >= 0.3 is 0 Å². The van der Waals surface area contributed by atoms with E-state index in [1.165, 1.54) is 0 Å². The van der Waals surface area contributed by atoms with E-state index in [2.05, 4.69) is 9.71 Å². The first-order valence-corrected chi connectivity index (χ1v) is 9.11. The maximum atomic E-state index is 12.3. The maximum Gasteiger partial charge on any atom is 0.212 e. The van der Waals surface area contributed by atoms with Crippen LogP contribution in [0.4, 0.5) is 0 Å². The minimum atomic E-state index is -3.30. The van der Waals surface area contributed by atoms with E-state index in [0.717, 1.165) is 18.4 Å². The van der Waals surface area contributed by atoms with Crippen LogP contribution in [0.15, 0.2) is 24.5 Å². The van der Waals surface area contributed by atoms with Crippen molar-refractivity contribution in [2.75, 3.05) is 19.0 Å². The lowest BCUT2D eigenvalue weighted by Crippen LogP contribution is -2.38.